The van der Waals surface area contributed by atoms with E-state index in [0.29, 0.717) is 24.6 Å². The first-order chi connectivity index (χ1) is 8.03. The Hall–Kier alpha value is -0.220. The molecule has 0 bridgehead atoms. The zero-order valence-electron chi connectivity index (χ0n) is 11.0. The van der Waals surface area contributed by atoms with E-state index in [1.807, 2.05) is 6.26 Å². The molecular weight excluding hydrogens is 234 g/mol. The first-order valence-corrected chi connectivity index (χ1v) is 7.91. The maximum Gasteiger partial charge on any atom is 0.220 e. The highest BCUT2D eigenvalue weighted by molar-refractivity contribution is 7.98. The molecule has 0 aliphatic heterocycles. The number of nitrogens with one attached hydrogen (secondary N) is 1. The van der Waals surface area contributed by atoms with Crippen molar-refractivity contribution in [3.05, 3.63) is 0 Å². The van der Waals surface area contributed by atoms with Crippen LogP contribution in [-0.4, -0.2) is 35.2 Å². The summed E-state index contributed by atoms with van der Waals surface area (Å²) in [6.07, 6.45) is 8.82. The molecule has 0 radical (unpaired) electrons. The second kappa shape index (κ2) is 7.27. The van der Waals surface area contributed by atoms with Gasteiger partial charge in [-0.05, 0) is 31.9 Å². The summed E-state index contributed by atoms with van der Waals surface area (Å²) in [5.41, 5.74) is -0.790. The van der Waals surface area contributed by atoms with Crippen molar-refractivity contribution >= 4 is 17.7 Å². The van der Waals surface area contributed by atoms with E-state index in [1.54, 1.807) is 18.7 Å². The second-order valence-corrected chi connectivity index (χ2v) is 6.28. The lowest BCUT2D eigenvalue weighted by Crippen LogP contribution is -2.42. The minimum Gasteiger partial charge on any atom is -0.387 e. The largest absolute Gasteiger partial charge is 0.387 e. The fourth-order valence-electron chi connectivity index (χ4n) is 2.38. The van der Waals surface area contributed by atoms with Gasteiger partial charge in [0.15, 0.2) is 0 Å². The van der Waals surface area contributed by atoms with Gasteiger partial charge in [0.2, 0.25) is 5.91 Å². The van der Waals surface area contributed by atoms with Crippen LogP contribution in [0.4, 0.5) is 0 Å². The number of rotatable bonds is 6. The van der Waals surface area contributed by atoms with Crippen LogP contribution in [0.15, 0.2) is 0 Å². The van der Waals surface area contributed by atoms with Gasteiger partial charge in [0.05, 0.1) is 5.60 Å². The van der Waals surface area contributed by atoms with Gasteiger partial charge >= 0.3 is 0 Å². The lowest BCUT2D eigenvalue weighted by molar-refractivity contribution is -0.123. The molecule has 3 nitrogen and oxygen atoms in total. The fraction of sp³-hybridized carbons (Fsp3) is 0.923. The minimum absolute atomic E-state index is 0.0956. The molecule has 100 valence electrons. The Labute approximate surface area is 109 Å². The average molecular weight is 259 g/mol. The molecule has 4 heteroatoms. The molecule has 1 amide bonds. The van der Waals surface area contributed by atoms with Crippen LogP contribution in [0.25, 0.3) is 0 Å². The normalized spacial score (nSPS) is 20.9. The van der Waals surface area contributed by atoms with E-state index in [1.165, 1.54) is 32.1 Å². The van der Waals surface area contributed by atoms with Crippen molar-refractivity contribution < 1.29 is 9.90 Å². The van der Waals surface area contributed by atoms with Crippen LogP contribution in [0.3, 0.4) is 0 Å². The van der Waals surface area contributed by atoms with Crippen molar-refractivity contribution in [2.75, 3.05) is 18.6 Å². The van der Waals surface area contributed by atoms with Crippen molar-refractivity contribution in [2.45, 2.75) is 51.0 Å². The quantitative estimate of drug-likeness (QED) is 0.769. The lowest BCUT2D eigenvalue weighted by atomic mass is 9.87. The summed E-state index contributed by atoms with van der Waals surface area (Å²) in [7, 11) is 0. The molecule has 0 heterocycles. The highest BCUT2D eigenvalue weighted by atomic mass is 32.2. The standard InChI is InChI=1S/C13H25NO2S/c1-13(16,10-17-2)9-14-12(15)8-11-6-4-3-5-7-11/h11,16H,3-10H2,1-2H3,(H,14,15). The molecule has 1 saturated carbocycles. The summed E-state index contributed by atoms with van der Waals surface area (Å²) >= 11 is 1.59. The second-order valence-electron chi connectivity index (χ2n) is 5.41. The van der Waals surface area contributed by atoms with Crippen molar-refractivity contribution in [1.29, 1.82) is 0 Å². The van der Waals surface area contributed by atoms with E-state index in [0.717, 1.165) is 0 Å². The average Bonchev–Trinajstić information content (AvgIpc) is 2.28. The van der Waals surface area contributed by atoms with Crippen LogP contribution in [0.2, 0.25) is 0 Å². The van der Waals surface area contributed by atoms with E-state index < -0.39 is 5.60 Å². The number of hydrogen-bond acceptors (Lipinski definition) is 3. The van der Waals surface area contributed by atoms with E-state index in [2.05, 4.69) is 5.32 Å². The molecule has 0 spiro atoms. The number of hydrogen-bond donors (Lipinski definition) is 2. The highest BCUT2D eigenvalue weighted by Gasteiger charge is 2.22. The molecule has 0 saturated heterocycles. The molecule has 2 N–H and O–H groups in total. The molecule has 17 heavy (non-hydrogen) atoms. The monoisotopic (exact) mass is 259 g/mol. The Morgan fingerprint density at radius 2 is 2.06 bits per heavy atom. The van der Waals surface area contributed by atoms with Crippen LogP contribution in [-0.2, 0) is 4.79 Å². The number of carbonyl (C=O) groups is 1. The molecule has 1 aliphatic carbocycles. The molecule has 1 fully saturated rings. The molecule has 1 rings (SSSR count). The SMILES string of the molecule is CSCC(C)(O)CNC(=O)CC1CCCCC1. The van der Waals surface area contributed by atoms with E-state index >= 15 is 0 Å². The summed E-state index contributed by atoms with van der Waals surface area (Å²) in [5, 5.41) is 12.8. The number of aliphatic hydroxyl groups is 1. The third-order valence-corrected chi connectivity index (χ3v) is 4.23. The predicted molar refractivity (Wildman–Crippen MR) is 73.2 cm³/mol. The predicted octanol–water partition coefficient (Wildman–Crippen LogP) is 2.19. The van der Waals surface area contributed by atoms with Gasteiger partial charge in [-0.25, -0.2) is 0 Å². The van der Waals surface area contributed by atoms with Crippen LogP contribution >= 0.6 is 11.8 Å². The van der Waals surface area contributed by atoms with Crippen LogP contribution in [0.1, 0.15) is 45.4 Å². The van der Waals surface area contributed by atoms with Gasteiger partial charge in [0, 0.05) is 18.7 Å². The molecule has 1 aliphatic rings. The summed E-state index contributed by atoms with van der Waals surface area (Å²) < 4.78 is 0. The van der Waals surface area contributed by atoms with Gasteiger partial charge in [0.25, 0.3) is 0 Å². The topological polar surface area (TPSA) is 49.3 Å². The first-order valence-electron chi connectivity index (χ1n) is 6.51. The third kappa shape index (κ3) is 6.32. The van der Waals surface area contributed by atoms with Gasteiger partial charge in [-0.2, -0.15) is 11.8 Å². The van der Waals surface area contributed by atoms with Gasteiger partial charge in [-0.3, -0.25) is 4.79 Å². The molecule has 0 aromatic rings. The van der Waals surface area contributed by atoms with E-state index in [4.69, 9.17) is 0 Å². The lowest BCUT2D eigenvalue weighted by Gasteiger charge is -2.24. The van der Waals surface area contributed by atoms with Crippen molar-refractivity contribution in [3.63, 3.8) is 0 Å². The summed E-state index contributed by atoms with van der Waals surface area (Å²) in [5.74, 6) is 1.31. The molecule has 0 aromatic heterocycles. The zero-order chi connectivity index (χ0) is 12.7. The fourth-order valence-corrected chi connectivity index (χ4v) is 3.10. The first kappa shape index (κ1) is 14.8. The molecule has 1 unspecified atom stereocenters. The molecular formula is C13H25NO2S. The molecule has 0 aromatic carbocycles. The van der Waals surface area contributed by atoms with Gasteiger partial charge in [-0.15, -0.1) is 0 Å². The number of amides is 1. The zero-order valence-corrected chi connectivity index (χ0v) is 11.8. The Morgan fingerprint density at radius 1 is 1.41 bits per heavy atom. The summed E-state index contributed by atoms with van der Waals surface area (Å²) in [6, 6.07) is 0. The van der Waals surface area contributed by atoms with Crippen LogP contribution in [0, 0.1) is 5.92 Å². The van der Waals surface area contributed by atoms with Crippen molar-refractivity contribution in [2.24, 2.45) is 5.92 Å². The van der Waals surface area contributed by atoms with Crippen LogP contribution in [0.5, 0.6) is 0 Å². The van der Waals surface area contributed by atoms with Crippen LogP contribution < -0.4 is 5.32 Å². The number of thioether (sulfide) groups is 1. The maximum absolute atomic E-state index is 11.7. The Kier molecular flexibility index (Phi) is 6.34. The highest BCUT2D eigenvalue weighted by Crippen LogP contribution is 2.26. The maximum atomic E-state index is 11.7. The summed E-state index contributed by atoms with van der Waals surface area (Å²) in [6.45, 7) is 2.13. The Morgan fingerprint density at radius 3 is 2.65 bits per heavy atom. The molecule has 1 atom stereocenters. The Balaban J connectivity index is 2.20. The van der Waals surface area contributed by atoms with Gasteiger partial charge in [0.1, 0.15) is 0 Å². The smallest absolute Gasteiger partial charge is 0.220 e. The minimum atomic E-state index is -0.790. The van der Waals surface area contributed by atoms with E-state index in [-0.39, 0.29) is 5.91 Å². The van der Waals surface area contributed by atoms with Gasteiger partial charge in [-0.1, -0.05) is 19.3 Å². The summed E-state index contributed by atoms with van der Waals surface area (Å²) in [4.78, 5) is 11.7. The Bertz CT molecular complexity index is 238. The third-order valence-electron chi connectivity index (χ3n) is 3.32. The van der Waals surface area contributed by atoms with Crippen molar-refractivity contribution in [1.82, 2.24) is 5.32 Å². The van der Waals surface area contributed by atoms with E-state index in [9.17, 15) is 9.90 Å². The van der Waals surface area contributed by atoms with Gasteiger partial charge < -0.3 is 10.4 Å². The number of carbonyl (C=O) groups excluding carboxylic acids is 1. The van der Waals surface area contributed by atoms with Crippen molar-refractivity contribution in [3.8, 4) is 0 Å².